The van der Waals surface area contributed by atoms with E-state index in [9.17, 15) is 14.4 Å². The van der Waals surface area contributed by atoms with Crippen molar-refractivity contribution in [2.45, 2.75) is 26.8 Å². The van der Waals surface area contributed by atoms with Gasteiger partial charge >= 0.3 is 5.97 Å². The maximum atomic E-state index is 12.2. The zero-order valence-corrected chi connectivity index (χ0v) is 16.0. The van der Waals surface area contributed by atoms with Crippen molar-refractivity contribution in [1.82, 2.24) is 10.6 Å². The van der Waals surface area contributed by atoms with Crippen LogP contribution >= 0.6 is 11.3 Å². The van der Waals surface area contributed by atoms with Gasteiger partial charge in [-0.1, -0.05) is 6.92 Å². The lowest BCUT2D eigenvalue weighted by Gasteiger charge is -2.15. The van der Waals surface area contributed by atoms with Gasteiger partial charge in [0.25, 0.3) is 11.8 Å². The van der Waals surface area contributed by atoms with Crippen molar-refractivity contribution in [3.05, 3.63) is 16.0 Å². The number of carbonyl (C=O) groups is 3. The maximum Gasteiger partial charge on any atom is 0.341 e. The Morgan fingerprint density at radius 1 is 1.28 bits per heavy atom. The number of rotatable bonds is 9. The van der Waals surface area contributed by atoms with Gasteiger partial charge in [0.05, 0.1) is 13.7 Å². The molecule has 0 aromatic carbocycles. The number of hydrogen-bond donors (Lipinski definition) is 4. The fourth-order valence-electron chi connectivity index (χ4n) is 2.34. The third-order valence-electron chi connectivity index (χ3n) is 3.46. The van der Waals surface area contributed by atoms with Crippen LogP contribution in [0.1, 0.15) is 45.9 Å². The summed E-state index contributed by atoms with van der Waals surface area (Å²) in [7, 11) is 3.34. The van der Waals surface area contributed by atoms with Gasteiger partial charge in [-0.05, 0) is 13.3 Å². The van der Waals surface area contributed by atoms with Crippen molar-refractivity contribution in [2.24, 2.45) is 0 Å². The number of amides is 2. The Morgan fingerprint density at radius 3 is 2.52 bits per heavy atom. The third kappa shape index (κ3) is 5.71. The average Bonchev–Trinajstić information content (AvgIpc) is 2.88. The van der Waals surface area contributed by atoms with Crippen molar-refractivity contribution in [3.8, 4) is 0 Å². The highest BCUT2D eigenvalue weighted by Gasteiger charge is 2.29. The zero-order valence-electron chi connectivity index (χ0n) is 15.2. The Balaban J connectivity index is 3.07. The molecule has 1 atom stereocenters. The van der Waals surface area contributed by atoms with Crippen LogP contribution in [0.25, 0.3) is 0 Å². The number of nitrogen functional groups attached to an aromatic ring is 1. The standard InChI is InChI=1S/C16H26N4O4S/c1-5-7-19-11(21)9-20(4)8-10-12(16(23)24-6-2)14(17)25-13(10)15(22)18-3/h5-9,17H2,1-4H3,(H,18,22)(H,19,21)/p+1. The number of hydrogen-bond acceptors (Lipinski definition) is 6. The first-order valence-corrected chi connectivity index (χ1v) is 9.05. The molecule has 2 amide bonds. The van der Waals surface area contributed by atoms with Gasteiger partial charge in [0.2, 0.25) is 0 Å². The van der Waals surface area contributed by atoms with Gasteiger partial charge in [-0.3, -0.25) is 9.59 Å². The van der Waals surface area contributed by atoms with Gasteiger partial charge in [0.1, 0.15) is 22.0 Å². The minimum absolute atomic E-state index is 0.0817. The Kier molecular flexibility index (Phi) is 8.36. The summed E-state index contributed by atoms with van der Waals surface area (Å²) in [5, 5.41) is 5.60. The van der Waals surface area contributed by atoms with E-state index in [1.165, 1.54) is 7.05 Å². The molecule has 25 heavy (non-hydrogen) atoms. The van der Waals surface area contributed by atoms with Crippen LogP contribution in [-0.4, -0.2) is 51.6 Å². The molecule has 0 saturated heterocycles. The second kappa shape index (κ2) is 10.00. The average molecular weight is 371 g/mol. The van der Waals surface area contributed by atoms with Crippen LogP contribution in [0.4, 0.5) is 5.00 Å². The Labute approximate surface area is 151 Å². The van der Waals surface area contributed by atoms with E-state index in [-0.39, 0.29) is 35.5 Å². The van der Waals surface area contributed by atoms with Gasteiger partial charge in [-0.25, -0.2) is 4.79 Å². The molecule has 1 aromatic heterocycles. The predicted octanol–water partition coefficient (Wildman–Crippen LogP) is -0.592. The van der Waals surface area contributed by atoms with E-state index in [1.54, 1.807) is 6.92 Å². The molecule has 0 bridgehead atoms. The number of anilines is 1. The fourth-order valence-corrected chi connectivity index (χ4v) is 3.36. The smallest absolute Gasteiger partial charge is 0.341 e. The van der Waals surface area contributed by atoms with Crippen molar-refractivity contribution < 1.29 is 24.0 Å². The number of nitrogens with two attached hydrogens (primary N) is 1. The molecule has 0 spiro atoms. The van der Waals surface area contributed by atoms with Crippen LogP contribution in [0, 0.1) is 0 Å². The SMILES string of the molecule is CCCNC(=O)C[NH+](C)Cc1c(C(=O)NC)sc(N)c1C(=O)OCC. The normalized spacial score (nSPS) is 11.7. The second-order valence-corrected chi connectivity index (χ2v) is 6.66. The highest BCUT2D eigenvalue weighted by atomic mass is 32.1. The van der Waals surface area contributed by atoms with Crippen LogP contribution in [-0.2, 0) is 16.1 Å². The van der Waals surface area contributed by atoms with Gasteiger partial charge in [0.15, 0.2) is 6.54 Å². The van der Waals surface area contributed by atoms with E-state index in [0.717, 1.165) is 22.7 Å². The third-order valence-corrected chi connectivity index (χ3v) is 4.52. The molecule has 1 aromatic rings. The first-order chi connectivity index (χ1) is 11.8. The molecule has 0 saturated carbocycles. The number of quaternary nitrogens is 1. The van der Waals surface area contributed by atoms with Crippen molar-refractivity contribution in [1.29, 1.82) is 0 Å². The molecule has 0 aliphatic carbocycles. The fraction of sp³-hybridized carbons (Fsp3) is 0.562. The number of ether oxygens (including phenoxy) is 1. The lowest BCUT2D eigenvalue weighted by Crippen LogP contribution is -3.09. The predicted molar refractivity (Wildman–Crippen MR) is 96.8 cm³/mol. The molecule has 0 aliphatic rings. The number of thiophene rings is 1. The first kappa shape index (κ1) is 20.9. The topological polar surface area (TPSA) is 115 Å². The van der Waals surface area contributed by atoms with Crippen LogP contribution in [0.5, 0.6) is 0 Å². The molecule has 0 aliphatic heterocycles. The van der Waals surface area contributed by atoms with Crippen molar-refractivity contribution >= 4 is 34.1 Å². The number of nitrogens with one attached hydrogen (secondary N) is 3. The highest BCUT2D eigenvalue weighted by Crippen LogP contribution is 2.31. The second-order valence-electron chi connectivity index (χ2n) is 5.61. The summed E-state index contributed by atoms with van der Waals surface area (Å²) in [6, 6.07) is 0. The van der Waals surface area contributed by atoms with E-state index in [0.29, 0.717) is 23.5 Å². The molecular weight excluding hydrogens is 344 g/mol. The molecule has 1 unspecified atom stereocenters. The summed E-state index contributed by atoms with van der Waals surface area (Å²) in [5.74, 6) is -0.947. The Morgan fingerprint density at radius 2 is 1.96 bits per heavy atom. The van der Waals surface area contributed by atoms with E-state index in [4.69, 9.17) is 10.5 Å². The number of carbonyl (C=O) groups excluding carboxylic acids is 3. The molecule has 1 heterocycles. The van der Waals surface area contributed by atoms with Gasteiger partial charge < -0.3 is 26.0 Å². The van der Waals surface area contributed by atoms with E-state index in [2.05, 4.69) is 10.6 Å². The number of esters is 1. The first-order valence-electron chi connectivity index (χ1n) is 8.23. The van der Waals surface area contributed by atoms with Crippen LogP contribution < -0.4 is 21.3 Å². The lowest BCUT2D eigenvalue weighted by atomic mass is 10.1. The molecule has 5 N–H and O–H groups in total. The lowest BCUT2D eigenvalue weighted by molar-refractivity contribution is -0.885. The molecule has 0 fully saturated rings. The minimum Gasteiger partial charge on any atom is -0.462 e. The molecule has 9 heteroatoms. The van der Waals surface area contributed by atoms with Crippen molar-refractivity contribution in [2.75, 3.05) is 39.5 Å². The monoisotopic (exact) mass is 371 g/mol. The van der Waals surface area contributed by atoms with E-state index >= 15 is 0 Å². The van der Waals surface area contributed by atoms with Crippen LogP contribution in [0.2, 0.25) is 0 Å². The minimum atomic E-state index is -0.551. The van der Waals surface area contributed by atoms with Crippen LogP contribution in [0.15, 0.2) is 0 Å². The largest absolute Gasteiger partial charge is 0.462 e. The summed E-state index contributed by atoms with van der Waals surface area (Å²) in [5.41, 5.74) is 6.69. The summed E-state index contributed by atoms with van der Waals surface area (Å²) in [6.45, 7) is 5.05. The van der Waals surface area contributed by atoms with Crippen LogP contribution in [0.3, 0.4) is 0 Å². The molecule has 0 radical (unpaired) electrons. The van der Waals surface area contributed by atoms with Gasteiger partial charge in [-0.15, -0.1) is 11.3 Å². The summed E-state index contributed by atoms with van der Waals surface area (Å²) in [4.78, 5) is 37.5. The molecule has 140 valence electrons. The van der Waals surface area contributed by atoms with Crippen molar-refractivity contribution in [3.63, 3.8) is 0 Å². The van der Waals surface area contributed by atoms with E-state index in [1.807, 2.05) is 14.0 Å². The quantitative estimate of drug-likeness (QED) is 0.433. The molecule has 1 rings (SSSR count). The van der Waals surface area contributed by atoms with Gasteiger partial charge in [-0.2, -0.15) is 0 Å². The number of likely N-dealkylation sites (N-methyl/N-ethyl adjacent to an activating group) is 1. The van der Waals surface area contributed by atoms with Gasteiger partial charge in [0, 0.05) is 19.2 Å². The summed E-state index contributed by atoms with van der Waals surface area (Å²) in [6.07, 6.45) is 0.861. The summed E-state index contributed by atoms with van der Waals surface area (Å²) >= 11 is 1.05. The van der Waals surface area contributed by atoms with E-state index < -0.39 is 5.97 Å². The highest BCUT2D eigenvalue weighted by molar-refractivity contribution is 7.18. The molecular formula is C16H27N4O4S+. The Bertz CT molecular complexity index is 630. The molecule has 8 nitrogen and oxygen atoms in total. The zero-order chi connectivity index (χ0) is 19.0. The summed E-state index contributed by atoms with van der Waals surface area (Å²) < 4.78 is 5.06. The maximum absolute atomic E-state index is 12.2. The Hall–Kier alpha value is -2.13.